The zero-order valence-electron chi connectivity index (χ0n) is 11.2. The SMILES string of the molecule is CCNC(=O)c1ccc(Oc2ccc(CN)cc2)nn1. The van der Waals surface area contributed by atoms with Crippen LogP contribution in [0.2, 0.25) is 0 Å². The van der Waals surface area contributed by atoms with Crippen LogP contribution in [0.4, 0.5) is 0 Å². The highest BCUT2D eigenvalue weighted by atomic mass is 16.5. The number of carbonyl (C=O) groups excluding carboxylic acids is 1. The fourth-order valence-electron chi connectivity index (χ4n) is 1.56. The maximum absolute atomic E-state index is 11.5. The number of benzene rings is 1. The van der Waals surface area contributed by atoms with Gasteiger partial charge in [0.05, 0.1) is 0 Å². The van der Waals surface area contributed by atoms with E-state index in [9.17, 15) is 4.79 Å². The van der Waals surface area contributed by atoms with Crippen LogP contribution in [-0.2, 0) is 6.54 Å². The maximum atomic E-state index is 11.5. The highest BCUT2D eigenvalue weighted by molar-refractivity contribution is 5.91. The number of nitrogens with two attached hydrogens (primary N) is 1. The van der Waals surface area contributed by atoms with Gasteiger partial charge in [-0.15, -0.1) is 10.2 Å². The predicted octanol–water partition coefficient (Wildman–Crippen LogP) is 1.48. The van der Waals surface area contributed by atoms with Gasteiger partial charge in [0.15, 0.2) is 5.69 Å². The summed E-state index contributed by atoms with van der Waals surface area (Å²) in [5.41, 5.74) is 6.81. The van der Waals surface area contributed by atoms with Crippen LogP contribution < -0.4 is 15.8 Å². The first-order valence-electron chi connectivity index (χ1n) is 6.31. The standard InChI is InChI=1S/C14H16N4O2/c1-2-16-14(19)12-7-8-13(18-17-12)20-11-5-3-10(9-15)4-6-11/h3-8H,2,9,15H2,1H3,(H,16,19). The Hall–Kier alpha value is -2.47. The lowest BCUT2D eigenvalue weighted by atomic mass is 10.2. The first-order chi connectivity index (χ1) is 9.72. The molecule has 6 heteroatoms. The van der Waals surface area contributed by atoms with Crippen molar-refractivity contribution in [2.45, 2.75) is 13.5 Å². The van der Waals surface area contributed by atoms with Gasteiger partial charge in [0, 0.05) is 19.2 Å². The maximum Gasteiger partial charge on any atom is 0.271 e. The van der Waals surface area contributed by atoms with Gasteiger partial charge in [-0.05, 0) is 30.7 Å². The molecule has 0 aliphatic rings. The molecule has 0 radical (unpaired) electrons. The molecule has 0 unspecified atom stereocenters. The quantitative estimate of drug-likeness (QED) is 0.860. The minimum atomic E-state index is -0.251. The van der Waals surface area contributed by atoms with Gasteiger partial charge in [-0.3, -0.25) is 4.79 Å². The summed E-state index contributed by atoms with van der Waals surface area (Å²) in [6.45, 7) is 2.88. The molecule has 1 aromatic carbocycles. The molecule has 0 bridgehead atoms. The Morgan fingerprint density at radius 2 is 1.95 bits per heavy atom. The van der Waals surface area contributed by atoms with E-state index < -0.39 is 0 Å². The number of hydrogen-bond donors (Lipinski definition) is 2. The van der Waals surface area contributed by atoms with Gasteiger partial charge in [0.2, 0.25) is 5.88 Å². The number of rotatable bonds is 5. The van der Waals surface area contributed by atoms with Crippen molar-refractivity contribution in [3.8, 4) is 11.6 Å². The molecule has 0 saturated heterocycles. The molecule has 1 heterocycles. The Morgan fingerprint density at radius 3 is 2.50 bits per heavy atom. The highest BCUT2D eigenvalue weighted by Gasteiger charge is 2.07. The van der Waals surface area contributed by atoms with Crippen LogP contribution in [-0.4, -0.2) is 22.6 Å². The van der Waals surface area contributed by atoms with Crippen LogP contribution in [0.25, 0.3) is 0 Å². The van der Waals surface area contributed by atoms with Crippen molar-refractivity contribution in [3.05, 3.63) is 47.7 Å². The number of nitrogens with zero attached hydrogens (tertiary/aromatic N) is 2. The van der Waals surface area contributed by atoms with Crippen molar-refractivity contribution in [3.63, 3.8) is 0 Å². The Bertz CT molecular complexity index is 567. The van der Waals surface area contributed by atoms with Crippen molar-refractivity contribution in [1.82, 2.24) is 15.5 Å². The third kappa shape index (κ3) is 3.52. The van der Waals surface area contributed by atoms with Gasteiger partial charge < -0.3 is 15.8 Å². The van der Waals surface area contributed by atoms with Gasteiger partial charge in [-0.2, -0.15) is 0 Å². The van der Waals surface area contributed by atoms with E-state index in [4.69, 9.17) is 10.5 Å². The van der Waals surface area contributed by atoms with E-state index in [-0.39, 0.29) is 11.6 Å². The second-order valence-electron chi connectivity index (χ2n) is 4.07. The number of nitrogens with one attached hydrogen (secondary N) is 1. The Labute approximate surface area is 117 Å². The third-order valence-corrected chi connectivity index (χ3v) is 2.59. The van der Waals surface area contributed by atoms with E-state index in [1.807, 2.05) is 31.2 Å². The summed E-state index contributed by atoms with van der Waals surface area (Å²) in [5, 5.41) is 10.3. The second-order valence-corrected chi connectivity index (χ2v) is 4.07. The molecule has 0 spiro atoms. The lowest BCUT2D eigenvalue weighted by molar-refractivity contribution is 0.0949. The first kappa shape index (κ1) is 14.0. The number of amides is 1. The predicted molar refractivity (Wildman–Crippen MR) is 74.4 cm³/mol. The molecular weight excluding hydrogens is 256 g/mol. The zero-order chi connectivity index (χ0) is 14.4. The van der Waals surface area contributed by atoms with Crippen LogP contribution in [0, 0.1) is 0 Å². The van der Waals surface area contributed by atoms with Crippen molar-refractivity contribution >= 4 is 5.91 Å². The molecule has 6 nitrogen and oxygen atoms in total. The lowest BCUT2D eigenvalue weighted by Gasteiger charge is -2.05. The summed E-state index contributed by atoms with van der Waals surface area (Å²) in [7, 11) is 0. The summed E-state index contributed by atoms with van der Waals surface area (Å²) < 4.78 is 5.53. The van der Waals surface area contributed by atoms with Crippen molar-refractivity contribution in [2.24, 2.45) is 5.73 Å². The van der Waals surface area contributed by atoms with Crippen molar-refractivity contribution in [2.75, 3.05) is 6.54 Å². The highest BCUT2D eigenvalue weighted by Crippen LogP contribution is 2.19. The van der Waals surface area contributed by atoms with Crippen LogP contribution in [0.5, 0.6) is 11.6 Å². The third-order valence-electron chi connectivity index (χ3n) is 2.59. The van der Waals surface area contributed by atoms with E-state index in [0.29, 0.717) is 24.7 Å². The molecule has 0 fully saturated rings. The largest absolute Gasteiger partial charge is 0.438 e. The van der Waals surface area contributed by atoms with Crippen LogP contribution >= 0.6 is 0 Å². The van der Waals surface area contributed by atoms with Crippen LogP contribution in [0.3, 0.4) is 0 Å². The molecule has 0 saturated carbocycles. The van der Waals surface area contributed by atoms with Crippen molar-refractivity contribution in [1.29, 1.82) is 0 Å². The van der Waals surface area contributed by atoms with Gasteiger partial charge in [-0.1, -0.05) is 12.1 Å². The zero-order valence-corrected chi connectivity index (χ0v) is 11.2. The van der Waals surface area contributed by atoms with E-state index in [0.717, 1.165) is 5.56 Å². The second kappa shape index (κ2) is 6.63. The van der Waals surface area contributed by atoms with Crippen LogP contribution in [0.15, 0.2) is 36.4 Å². The van der Waals surface area contributed by atoms with Crippen molar-refractivity contribution < 1.29 is 9.53 Å². The molecule has 0 atom stereocenters. The molecule has 2 aromatic rings. The summed E-state index contributed by atoms with van der Waals surface area (Å²) >= 11 is 0. The topological polar surface area (TPSA) is 90.1 Å². The van der Waals surface area contributed by atoms with Gasteiger partial charge in [0.25, 0.3) is 5.91 Å². The summed E-state index contributed by atoms with van der Waals surface area (Å²) in [5.74, 6) is 0.722. The number of aromatic nitrogens is 2. The van der Waals surface area contributed by atoms with E-state index >= 15 is 0 Å². The Kier molecular flexibility index (Phi) is 4.62. The summed E-state index contributed by atoms with van der Waals surface area (Å²) in [4.78, 5) is 11.5. The minimum Gasteiger partial charge on any atom is -0.438 e. The van der Waals surface area contributed by atoms with E-state index in [2.05, 4.69) is 15.5 Å². The minimum absolute atomic E-state index is 0.251. The average molecular weight is 272 g/mol. The fraction of sp³-hybridized carbons (Fsp3) is 0.214. The Balaban J connectivity index is 2.04. The molecule has 0 aliphatic heterocycles. The Morgan fingerprint density at radius 1 is 1.20 bits per heavy atom. The van der Waals surface area contributed by atoms with Gasteiger partial charge in [-0.25, -0.2) is 0 Å². The smallest absolute Gasteiger partial charge is 0.271 e. The number of hydrogen-bond acceptors (Lipinski definition) is 5. The number of ether oxygens (including phenoxy) is 1. The monoisotopic (exact) mass is 272 g/mol. The van der Waals surface area contributed by atoms with E-state index in [1.54, 1.807) is 12.1 Å². The summed E-state index contributed by atoms with van der Waals surface area (Å²) in [6, 6.07) is 10.6. The molecule has 2 rings (SSSR count). The summed E-state index contributed by atoms with van der Waals surface area (Å²) in [6.07, 6.45) is 0. The normalized spacial score (nSPS) is 10.1. The molecule has 1 aromatic heterocycles. The molecule has 1 amide bonds. The molecule has 0 aliphatic carbocycles. The molecule has 20 heavy (non-hydrogen) atoms. The van der Waals surface area contributed by atoms with E-state index in [1.165, 1.54) is 0 Å². The molecule has 3 N–H and O–H groups in total. The lowest BCUT2D eigenvalue weighted by Crippen LogP contribution is -2.23. The van der Waals surface area contributed by atoms with Gasteiger partial charge >= 0.3 is 0 Å². The van der Waals surface area contributed by atoms with Crippen LogP contribution in [0.1, 0.15) is 23.0 Å². The average Bonchev–Trinajstić information content (AvgIpc) is 2.49. The number of carbonyl (C=O) groups is 1. The fourth-order valence-corrected chi connectivity index (χ4v) is 1.56. The first-order valence-corrected chi connectivity index (χ1v) is 6.31. The molecule has 104 valence electrons. The molecular formula is C14H16N4O2. The van der Waals surface area contributed by atoms with Gasteiger partial charge in [0.1, 0.15) is 5.75 Å².